The van der Waals surface area contributed by atoms with Gasteiger partial charge in [0, 0.05) is 44.2 Å². The standard InChI is InChI=1S/C25H22ClF2N3O4/c1-30-6-2-3-16(24(30)26)15-4-5-21(19(28)7-15)34-12-14-10-31(11-14)25(33)17-8-20-22(9-18(17)27)35-13-23(32)29-20/h2-5,7-9,14H,6,10-13H2,1H3,(H,29,32). The van der Waals surface area contributed by atoms with Crippen LogP contribution in [0.5, 0.6) is 11.5 Å². The number of carbonyl (C=O) groups is 2. The molecule has 0 aromatic heterocycles. The lowest BCUT2D eigenvalue weighted by Crippen LogP contribution is -2.52. The van der Waals surface area contributed by atoms with Crippen molar-refractivity contribution in [3.05, 3.63) is 70.4 Å². The average Bonchev–Trinajstić information content (AvgIpc) is 2.80. The van der Waals surface area contributed by atoms with Crippen LogP contribution in [0.15, 0.2) is 47.6 Å². The highest BCUT2D eigenvalue weighted by atomic mass is 35.5. The molecule has 0 atom stereocenters. The molecule has 0 bridgehead atoms. The number of anilines is 1. The molecule has 0 radical (unpaired) electrons. The van der Waals surface area contributed by atoms with Gasteiger partial charge in [-0.3, -0.25) is 9.59 Å². The Balaban J connectivity index is 1.18. The van der Waals surface area contributed by atoms with Gasteiger partial charge in [0.2, 0.25) is 0 Å². The van der Waals surface area contributed by atoms with E-state index in [4.69, 9.17) is 21.1 Å². The zero-order chi connectivity index (χ0) is 24.7. The number of likely N-dealkylation sites (tertiary alicyclic amines) is 1. The van der Waals surface area contributed by atoms with Crippen molar-refractivity contribution in [2.75, 3.05) is 45.2 Å². The molecular weight excluding hydrogens is 480 g/mol. The van der Waals surface area contributed by atoms with E-state index >= 15 is 0 Å². The van der Waals surface area contributed by atoms with Crippen LogP contribution in [0.1, 0.15) is 15.9 Å². The number of likely N-dealkylation sites (N-methyl/N-ethyl adjacent to an activating group) is 1. The first kappa shape index (κ1) is 23.2. The van der Waals surface area contributed by atoms with Gasteiger partial charge in [-0.2, -0.15) is 0 Å². The lowest BCUT2D eigenvalue weighted by molar-refractivity contribution is -0.118. The molecule has 3 aliphatic heterocycles. The van der Waals surface area contributed by atoms with Crippen molar-refractivity contribution in [1.29, 1.82) is 0 Å². The van der Waals surface area contributed by atoms with Gasteiger partial charge in [0.05, 0.1) is 17.9 Å². The Morgan fingerprint density at radius 2 is 2.03 bits per heavy atom. The highest BCUT2D eigenvalue weighted by Gasteiger charge is 2.34. The Kier molecular flexibility index (Phi) is 6.10. The van der Waals surface area contributed by atoms with Crippen LogP contribution in [-0.2, 0) is 4.79 Å². The third-order valence-corrected chi connectivity index (χ3v) is 6.61. The van der Waals surface area contributed by atoms with E-state index in [2.05, 4.69) is 5.32 Å². The molecule has 35 heavy (non-hydrogen) atoms. The van der Waals surface area contributed by atoms with Crippen LogP contribution < -0.4 is 14.8 Å². The van der Waals surface area contributed by atoms with Crippen molar-refractivity contribution < 1.29 is 27.8 Å². The summed E-state index contributed by atoms with van der Waals surface area (Å²) < 4.78 is 39.9. The first-order valence-electron chi connectivity index (χ1n) is 11.1. The number of ether oxygens (including phenoxy) is 2. The van der Waals surface area contributed by atoms with Crippen LogP contribution in [0.3, 0.4) is 0 Å². The Morgan fingerprint density at radius 1 is 1.23 bits per heavy atom. The SMILES string of the molecule is CN1CC=CC(c2ccc(OCC3CN(C(=O)c4cc5c(cc4F)OCC(=O)N5)C3)c(F)c2)=C1Cl. The molecular formula is C25H22ClF2N3O4. The number of hydrogen-bond acceptors (Lipinski definition) is 5. The van der Waals surface area contributed by atoms with Gasteiger partial charge < -0.3 is 24.6 Å². The van der Waals surface area contributed by atoms with E-state index in [1.54, 1.807) is 12.1 Å². The number of amides is 2. The lowest BCUT2D eigenvalue weighted by atomic mass is 9.99. The molecule has 0 saturated carbocycles. The van der Waals surface area contributed by atoms with E-state index in [9.17, 15) is 18.4 Å². The molecule has 5 rings (SSSR count). The van der Waals surface area contributed by atoms with Gasteiger partial charge in [-0.05, 0) is 23.8 Å². The normalized spacial score (nSPS) is 17.5. The van der Waals surface area contributed by atoms with Crippen molar-refractivity contribution in [2.24, 2.45) is 5.92 Å². The summed E-state index contributed by atoms with van der Waals surface area (Å²) in [6.07, 6.45) is 3.82. The molecule has 0 unspecified atom stereocenters. The maximum Gasteiger partial charge on any atom is 0.262 e. The summed E-state index contributed by atoms with van der Waals surface area (Å²) in [4.78, 5) is 27.6. The topological polar surface area (TPSA) is 71.1 Å². The number of carbonyl (C=O) groups excluding carboxylic acids is 2. The smallest absolute Gasteiger partial charge is 0.262 e. The molecule has 0 aliphatic carbocycles. The average molecular weight is 502 g/mol. The van der Waals surface area contributed by atoms with Crippen LogP contribution in [0.2, 0.25) is 0 Å². The minimum absolute atomic E-state index is 0.0196. The monoisotopic (exact) mass is 501 g/mol. The van der Waals surface area contributed by atoms with E-state index in [1.807, 2.05) is 24.1 Å². The zero-order valence-corrected chi connectivity index (χ0v) is 19.6. The summed E-state index contributed by atoms with van der Waals surface area (Å²) in [5, 5.41) is 3.11. The van der Waals surface area contributed by atoms with E-state index in [1.165, 1.54) is 17.0 Å². The van der Waals surface area contributed by atoms with Crippen LogP contribution in [0, 0.1) is 17.6 Å². The van der Waals surface area contributed by atoms with Gasteiger partial charge in [-0.1, -0.05) is 29.8 Å². The van der Waals surface area contributed by atoms with Crippen LogP contribution in [0.4, 0.5) is 14.5 Å². The summed E-state index contributed by atoms with van der Waals surface area (Å²) >= 11 is 6.34. The Hall–Kier alpha value is -3.59. The number of nitrogens with one attached hydrogen (secondary N) is 1. The van der Waals surface area contributed by atoms with Gasteiger partial charge in [-0.25, -0.2) is 8.78 Å². The third kappa shape index (κ3) is 4.55. The number of halogens is 3. The van der Waals surface area contributed by atoms with Crippen LogP contribution in [0.25, 0.3) is 5.57 Å². The molecule has 1 saturated heterocycles. The van der Waals surface area contributed by atoms with Crippen LogP contribution >= 0.6 is 11.6 Å². The maximum atomic E-state index is 14.7. The third-order valence-electron chi connectivity index (χ3n) is 6.12. The van der Waals surface area contributed by atoms with Gasteiger partial charge in [-0.15, -0.1) is 0 Å². The molecule has 7 nitrogen and oxygen atoms in total. The molecule has 2 aromatic rings. The minimum Gasteiger partial charge on any atom is -0.490 e. The molecule has 3 aliphatic rings. The van der Waals surface area contributed by atoms with Gasteiger partial charge in [0.1, 0.15) is 16.7 Å². The van der Waals surface area contributed by atoms with E-state index in [-0.39, 0.29) is 47.8 Å². The highest BCUT2D eigenvalue weighted by molar-refractivity contribution is 6.33. The summed E-state index contributed by atoms with van der Waals surface area (Å²) in [6, 6.07) is 7.07. The van der Waals surface area contributed by atoms with Crippen molar-refractivity contribution >= 4 is 34.7 Å². The second-order valence-electron chi connectivity index (χ2n) is 8.68. The summed E-state index contributed by atoms with van der Waals surface area (Å²) in [5.74, 6) is -1.81. The fourth-order valence-corrected chi connectivity index (χ4v) is 4.41. The lowest BCUT2D eigenvalue weighted by Gasteiger charge is -2.39. The van der Waals surface area contributed by atoms with E-state index < -0.39 is 17.5 Å². The molecule has 0 spiro atoms. The number of rotatable bonds is 5. The second-order valence-corrected chi connectivity index (χ2v) is 9.04. The maximum absolute atomic E-state index is 14.7. The van der Waals surface area contributed by atoms with Crippen LogP contribution in [-0.4, -0.2) is 61.5 Å². The molecule has 2 amide bonds. The summed E-state index contributed by atoms with van der Waals surface area (Å²) in [5.41, 5.74) is 1.50. The predicted molar refractivity (Wildman–Crippen MR) is 126 cm³/mol. The molecule has 3 heterocycles. The largest absolute Gasteiger partial charge is 0.490 e. The quantitative estimate of drug-likeness (QED) is 0.630. The first-order chi connectivity index (χ1) is 16.8. The minimum atomic E-state index is -0.721. The summed E-state index contributed by atoms with van der Waals surface area (Å²) in [7, 11) is 1.86. The fraction of sp³-hybridized carbons (Fsp3) is 0.280. The number of benzene rings is 2. The highest BCUT2D eigenvalue weighted by Crippen LogP contribution is 2.33. The molecule has 1 fully saturated rings. The summed E-state index contributed by atoms with van der Waals surface area (Å²) in [6.45, 7) is 1.39. The van der Waals surface area contributed by atoms with E-state index in [0.717, 1.165) is 11.6 Å². The van der Waals surface area contributed by atoms with Crippen molar-refractivity contribution in [1.82, 2.24) is 9.80 Å². The molecule has 1 N–H and O–H groups in total. The number of nitrogens with zero attached hydrogens (tertiary/aromatic N) is 2. The second kappa shape index (κ2) is 9.22. The van der Waals surface area contributed by atoms with Gasteiger partial charge in [0.25, 0.3) is 11.8 Å². The van der Waals surface area contributed by atoms with Gasteiger partial charge >= 0.3 is 0 Å². The number of fused-ring (bicyclic) bond motifs is 1. The van der Waals surface area contributed by atoms with Crippen molar-refractivity contribution in [3.63, 3.8) is 0 Å². The predicted octanol–water partition coefficient (Wildman–Crippen LogP) is 3.86. The number of allylic oxidation sites excluding steroid dienone is 2. The Morgan fingerprint density at radius 3 is 2.80 bits per heavy atom. The molecule has 182 valence electrons. The fourth-order valence-electron chi connectivity index (χ4n) is 4.17. The Bertz CT molecular complexity index is 1270. The molecule has 10 heteroatoms. The zero-order valence-electron chi connectivity index (χ0n) is 18.8. The van der Waals surface area contributed by atoms with Gasteiger partial charge in [0.15, 0.2) is 18.2 Å². The first-order valence-corrected chi connectivity index (χ1v) is 11.4. The van der Waals surface area contributed by atoms with E-state index in [0.29, 0.717) is 30.4 Å². The molecule has 2 aromatic carbocycles. The van der Waals surface area contributed by atoms with Crippen molar-refractivity contribution in [2.45, 2.75) is 0 Å². The Labute approximate surface area is 205 Å². The number of hydrogen-bond donors (Lipinski definition) is 1. The van der Waals surface area contributed by atoms with Crippen molar-refractivity contribution in [3.8, 4) is 11.5 Å².